The van der Waals surface area contributed by atoms with Crippen LogP contribution in [0.1, 0.15) is 18.4 Å². The van der Waals surface area contributed by atoms with Gasteiger partial charge in [-0.15, -0.1) is 0 Å². The molecule has 3 heteroatoms. The number of likely N-dealkylation sites (tertiary alicyclic amines) is 1. The molecular weight excluding hydrogens is 252 g/mol. The number of aromatic nitrogens is 1. The first-order valence-electron chi connectivity index (χ1n) is 5.55. The van der Waals surface area contributed by atoms with Crippen LogP contribution in [-0.2, 0) is 6.54 Å². The summed E-state index contributed by atoms with van der Waals surface area (Å²) in [6.45, 7) is 3.51. The molecule has 0 saturated carbocycles. The van der Waals surface area contributed by atoms with Gasteiger partial charge in [-0.05, 0) is 36.9 Å². The summed E-state index contributed by atoms with van der Waals surface area (Å²) in [5, 5.41) is 1.14. The van der Waals surface area contributed by atoms with Gasteiger partial charge in [-0.25, -0.2) is 0 Å². The van der Waals surface area contributed by atoms with E-state index in [2.05, 4.69) is 31.9 Å². The van der Waals surface area contributed by atoms with Crippen molar-refractivity contribution in [1.29, 1.82) is 0 Å². The Kier molecular flexibility index (Phi) is 4.15. The first-order valence-corrected chi connectivity index (χ1v) is 6.68. The molecule has 82 valence electrons. The average molecular weight is 269 g/mol. The molecule has 0 N–H and O–H groups in total. The fourth-order valence-corrected chi connectivity index (χ4v) is 2.70. The molecule has 1 aliphatic heterocycles. The van der Waals surface area contributed by atoms with E-state index < -0.39 is 0 Å². The van der Waals surface area contributed by atoms with E-state index in [1.54, 1.807) is 0 Å². The predicted octanol–water partition coefficient (Wildman–Crippen LogP) is 2.69. The SMILES string of the molecule is BrCC1CCCN(Cc2cccnc2)C1. The highest BCUT2D eigenvalue weighted by Crippen LogP contribution is 2.19. The molecule has 0 aliphatic carbocycles. The van der Waals surface area contributed by atoms with Gasteiger partial charge < -0.3 is 0 Å². The molecular formula is C12H17BrN2. The van der Waals surface area contributed by atoms with E-state index in [1.807, 2.05) is 18.5 Å². The second kappa shape index (κ2) is 5.61. The van der Waals surface area contributed by atoms with E-state index in [4.69, 9.17) is 0 Å². The van der Waals surface area contributed by atoms with Crippen molar-refractivity contribution in [3.8, 4) is 0 Å². The van der Waals surface area contributed by atoms with E-state index in [-0.39, 0.29) is 0 Å². The lowest BCUT2D eigenvalue weighted by Crippen LogP contribution is -2.35. The fourth-order valence-electron chi connectivity index (χ4n) is 2.17. The zero-order chi connectivity index (χ0) is 10.5. The predicted molar refractivity (Wildman–Crippen MR) is 66.0 cm³/mol. The summed E-state index contributed by atoms with van der Waals surface area (Å²) < 4.78 is 0. The van der Waals surface area contributed by atoms with Crippen LogP contribution in [0.4, 0.5) is 0 Å². The quantitative estimate of drug-likeness (QED) is 0.784. The number of hydrogen-bond donors (Lipinski definition) is 0. The van der Waals surface area contributed by atoms with E-state index in [1.165, 1.54) is 31.5 Å². The van der Waals surface area contributed by atoms with E-state index >= 15 is 0 Å². The average Bonchev–Trinajstić information content (AvgIpc) is 2.31. The molecule has 1 aliphatic rings. The number of rotatable bonds is 3. The number of halogens is 1. The van der Waals surface area contributed by atoms with E-state index in [0.717, 1.165) is 17.8 Å². The third-order valence-corrected chi connectivity index (χ3v) is 3.87. The van der Waals surface area contributed by atoms with Gasteiger partial charge >= 0.3 is 0 Å². The molecule has 0 aromatic carbocycles. The maximum absolute atomic E-state index is 4.15. The van der Waals surface area contributed by atoms with Gasteiger partial charge in [-0.1, -0.05) is 22.0 Å². The van der Waals surface area contributed by atoms with Gasteiger partial charge in [0, 0.05) is 30.8 Å². The Morgan fingerprint density at radius 1 is 1.53 bits per heavy atom. The highest BCUT2D eigenvalue weighted by atomic mass is 79.9. The molecule has 2 nitrogen and oxygen atoms in total. The van der Waals surface area contributed by atoms with Crippen molar-refractivity contribution in [3.63, 3.8) is 0 Å². The van der Waals surface area contributed by atoms with Crippen LogP contribution >= 0.6 is 15.9 Å². The summed E-state index contributed by atoms with van der Waals surface area (Å²) in [7, 11) is 0. The first-order chi connectivity index (χ1) is 7.38. The van der Waals surface area contributed by atoms with Gasteiger partial charge in [0.15, 0.2) is 0 Å². The Morgan fingerprint density at radius 3 is 3.20 bits per heavy atom. The van der Waals surface area contributed by atoms with Crippen molar-refractivity contribution < 1.29 is 0 Å². The number of hydrogen-bond acceptors (Lipinski definition) is 2. The second-order valence-electron chi connectivity index (χ2n) is 4.26. The summed E-state index contributed by atoms with van der Waals surface area (Å²) in [5.41, 5.74) is 1.33. The summed E-state index contributed by atoms with van der Waals surface area (Å²) >= 11 is 3.58. The highest BCUT2D eigenvalue weighted by Gasteiger charge is 2.18. The lowest BCUT2D eigenvalue weighted by Gasteiger charge is -2.31. The van der Waals surface area contributed by atoms with Gasteiger partial charge in [-0.2, -0.15) is 0 Å². The van der Waals surface area contributed by atoms with Gasteiger partial charge in [-0.3, -0.25) is 9.88 Å². The second-order valence-corrected chi connectivity index (χ2v) is 4.91. The molecule has 0 radical (unpaired) electrons. The van der Waals surface area contributed by atoms with Crippen molar-refractivity contribution in [1.82, 2.24) is 9.88 Å². The molecule has 0 amide bonds. The normalized spacial score (nSPS) is 22.9. The summed E-state index contributed by atoms with van der Waals surface area (Å²) in [6.07, 6.45) is 6.50. The lowest BCUT2D eigenvalue weighted by molar-refractivity contribution is 0.179. The summed E-state index contributed by atoms with van der Waals surface area (Å²) in [4.78, 5) is 6.69. The number of nitrogens with zero attached hydrogens (tertiary/aromatic N) is 2. The van der Waals surface area contributed by atoms with Crippen molar-refractivity contribution in [2.24, 2.45) is 5.92 Å². The Balaban J connectivity index is 1.89. The lowest BCUT2D eigenvalue weighted by atomic mass is 10.00. The van der Waals surface area contributed by atoms with Gasteiger partial charge in [0.05, 0.1) is 0 Å². The number of pyridine rings is 1. The molecule has 1 aromatic rings. The molecule has 2 rings (SSSR count). The minimum Gasteiger partial charge on any atom is -0.299 e. The van der Waals surface area contributed by atoms with Crippen LogP contribution in [0, 0.1) is 5.92 Å². The van der Waals surface area contributed by atoms with Crippen LogP contribution in [0.5, 0.6) is 0 Å². The molecule has 1 unspecified atom stereocenters. The Bertz CT molecular complexity index is 289. The van der Waals surface area contributed by atoms with Crippen LogP contribution in [0.15, 0.2) is 24.5 Å². The van der Waals surface area contributed by atoms with Crippen molar-refractivity contribution >= 4 is 15.9 Å². The third-order valence-electron chi connectivity index (χ3n) is 2.95. The fraction of sp³-hybridized carbons (Fsp3) is 0.583. The number of alkyl halides is 1. The molecule has 0 spiro atoms. The summed E-state index contributed by atoms with van der Waals surface area (Å²) in [5.74, 6) is 0.829. The molecule has 2 heterocycles. The zero-order valence-electron chi connectivity index (χ0n) is 8.90. The maximum Gasteiger partial charge on any atom is 0.0312 e. The van der Waals surface area contributed by atoms with Crippen LogP contribution in [-0.4, -0.2) is 28.3 Å². The minimum absolute atomic E-state index is 0.829. The minimum atomic E-state index is 0.829. The Hall–Kier alpha value is -0.410. The van der Waals surface area contributed by atoms with Crippen LogP contribution in [0.2, 0.25) is 0 Å². The Morgan fingerprint density at radius 2 is 2.47 bits per heavy atom. The molecule has 1 atom stereocenters. The maximum atomic E-state index is 4.15. The summed E-state index contributed by atoms with van der Waals surface area (Å²) in [6, 6.07) is 4.17. The zero-order valence-corrected chi connectivity index (χ0v) is 10.5. The third kappa shape index (κ3) is 3.28. The van der Waals surface area contributed by atoms with E-state index in [9.17, 15) is 0 Å². The highest BCUT2D eigenvalue weighted by molar-refractivity contribution is 9.09. The Labute approximate surface area is 99.8 Å². The first kappa shape index (κ1) is 11.1. The van der Waals surface area contributed by atoms with E-state index in [0.29, 0.717) is 0 Å². The standard InChI is InChI=1S/C12H17BrN2/c13-7-11-4-2-6-15(9-11)10-12-3-1-5-14-8-12/h1,3,5,8,11H,2,4,6-7,9-10H2. The van der Waals surface area contributed by atoms with Crippen LogP contribution < -0.4 is 0 Å². The molecule has 0 bridgehead atoms. The van der Waals surface area contributed by atoms with Crippen LogP contribution in [0.3, 0.4) is 0 Å². The number of piperidine rings is 1. The molecule has 1 fully saturated rings. The van der Waals surface area contributed by atoms with Gasteiger partial charge in [0.1, 0.15) is 0 Å². The smallest absolute Gasteiger partial charge is 0.0312 e. The van der Waals surface area contributed by atoms with Crippen LogP contribution in [0.25, 0.3) is 0 Å². The van der Waals surface area contributed by atoms with Gasteiger partial charge in [0.2, 0.25) is 0 Å². The van der Waals surface area contributed by atoms with Crippen molar-refractivity contribution in [2.45, 2.75) is 19.4 Å². The molecule has 1 saturated heterocycles. The van der Waals surface area contributed by atoms with Gasteiger partial charge in [0.25, 0.3) is 0 Å². The molecule has 1 aromatic heterocycles. The van der Waals surface area contributed by atoms with Crippen molar-refractivity contribution in [3.05, 3.63) is 30.1 Å². The monoisotopic (exact) mass is 268 g/mol. The molecule has 15 heavy (non-hydrogen) atoms. The topological polar surface area (TPSA) is 16.1 Å². The van der Waals surface area contributed by atoms with Crippen molar-refractivity contribution in [2.75, 3.05) is 18.4 Å². The largest absolute Gasteiger partial charge is 0.299 e.